The SMILES string of the molecule is COc1cccc(N(C)c2ccc(C(N)=S)cc2)c1. The fraction of sp³-hybridized carbons (Fsp3) is 0.133. The molecular formula is C15H16N2OS. The van der Waals surface area contributed by atoms with Crippen molar-refractivity contribution in [3.63, 3.8) is 0 Å². The van der Waals surface area contributed by atoms with E-state index in [9.17, 15) is 0 Å². The Morgan fingerprint density at radius 1 is 1.11 bits per heavy atom. The van der Waals surface area contributed by atoms with E-state index in [0.29, 0.717) is 4.99 Å². The summed E-state index contributed by atoms with van der Waals surface area (Å²) in [4.78, 5) is 2.49. The van der Waals surface area contributed by atoms with Crippen molar-refractivity contribution in [3.05, 3.63) is 54.1 Å². The molecule has 3 nitrogen and oxygen atoms in total. The van der Waals surface area contributed by atoms with Crippen LogP contribution in [0.3, 0.4) is 0 Å². The summed E-state index contributed by atoms with van der Waals surface area (Å²) in [6.07, 6.45) is 0. The molecule has 0 aromatic heterocycles. The highest BCUT2D eigenvalue weighted by Gasteiger charge is 2.05. The molecule has 0 aliphatic heterocycles. The van der Waals surface area contributed by atoms with Crippen LogP contribution >= 0.6 is 12.2 Å². The maximum Gasteiger partial charge on any atom is 0.120 e. The van der Waals surface area contributed by atoms with Gasteiger partial charge in [-0.25, -0.2) is 0 Å². The van der Waals surface area contributed by atoms with E-state index in [4.69, 9.17) is 22.7 Å². The van der Waals surface area contributed by atoms with E-state index in [0.717, 1.165) is 22.7 Å². The van der Waals surface area contributed by atoms with Crippen LogP contribution in [0.2, 0.25) is 0 Å². The van der Waals surface area contributed by atoms with Crippen molar-refractivity contribution in [2.45, 2.75) is 0 Å². The van der Waals surface area contributed by atoms with Gasteiger partial charge in [0.1, 0.15) is 10.7 Å². The summed E-state index contributed by atoms with van der Waals surface area (Å²) in [5, 5.41) is 0. The average Bonchev–Trinajstić information content (AvgIpc) is 2.46. The maximum absolute atomic E-state index is 5.59. The Morgan fingerprint density at radius 3 is 2.37 bits per heavy atom. The molecule has 2 aromatic rings. The monoisotopic (exact) mass is 272 g/mol. The maximum atomic E-state index is 5.59. The van der Waals surface area contributed by atoms with Gasteiger partial charge in [0.25, 0.3) is 0 Å². The summed E-state index contributed by atoms with van der Waals surface area (Å²) in [7, 11) is 3.67. The minimum atomic E-state index is 0.413. The second-order valence-electron chi connectivity index (χ2n) is 4.17. The molecule has 4 heteroatoms. The van der Waals surface area contributed by atoms with Crippen molar-refractivity contribution >= 4 is 28.6 Å². The van der Waals surface area contributed by atoms with Crippen LogP contribution in [0.4, 0.5) is 11.4 Å². The normalized spacial score (nSPS) is 10.0. The average molecular weight is 272 g/mol. The van der Waals surface area contributed by atoms with Gasteiger partial charge in [-0.15, -0.1) is 0 Å². The van der Waals surface area contributed by atoms with E-state index >= 15 is 0 Å². The number of hydrogen-bond donors (Lipinski definition) is 1. The predicted octanol–water partition coefficient (Wildman–Crippen LogP) is 3.10. The highest BCUT2D eigenvalue weighted by atomic mass is 32.1. The summed E-state index contributed by atoms with van der Waals surface area (Å²) < 4.78 is 5.23. The van der Waals surface area contributed by atoms with Gasteiger partial charge in [0, 0.05) is 30.1 Å². The quantitative estimate of drug-likeness (QED) is 0.868. The largest absolute Gasteiger partial charge is 0.497 e. The molecule has 0 atom stereocenters. The zero-order chi connectivity index (χ0) is 13.8. The zero-order valence-corrected chi connectivity index (χ0v) is 11.8. The Hall–Kier alpha value is -2.07. The molecule has 0 aliphatic carbocycles. The molecule has 0 fully saturated rings. The van der Waals surface area contributed by atoms with E-state index in [1.54, 1.807) is 7.11 Å². The van der Waals surface area contributed by atoms with E-state index in [-0.39, 0.29) is 0 Å². The topological polar surface area (TPSA) is 38.5 Å². The molecule has 98 valence electrons. The highest BCUT2D eigenvalue weighted by molar-refractivity contribution is 7.80. The van der Waals surface area contributed by atoms with E-state index in [1.807, 2.05) is 55.6 Å². The van der Waals surface area contributed by atoms with Gasteiger partial charge >= 0.3 is 0 Å². The van der Waals surface area contributed by atoms with E-state index in [1.165, 1.54) is 0 Å². The van der Waals surface area contributed by atoms with Crippen LogP contribution in [0.15, 0.2) is 48.5 Å². The molecule has 0 unspecified atom stereocenters. The number of nitrogens with zero attached hydrogens (tertiary/aromatic N) is 1. The van der Waals surface area contributed by atoms with Gasteiger partial charge in [-0.2, -0.15) is 0 Å². The second kappa shape index (κ2) is 5.71. The number of nitrogens with two attached hydrogens (primary N) is 1. The smallest absolute Gasteiger partial charge is 0.120 e. The van der Waals surface area contributed by atoms with Crippen molar-refractivity contribution in [2.24, 2.45) is 5.73 Å². The lowest BCUT2D eigenvalue weighted by Crippen LogP contribution is -2.11. The number of anilines is 2. The summed E-state index contributed by atoms with van der Waals surface area (Å²) in [6, 6.07) is 15.7. The van der Waals surface area contributed by atoms with Crippen molar-refractivity contribution in [3.8, 4) is 5.75 Å². The van der Waals surface area contributed by atoms with Crippen LogP contribution in [-0.2, 0) is 0 Å². The fourth-order valence-corrected chi connectivity index (χ4v) is 1.95. The molecule has 19 heavy (non-hydrogen) atoms. The predicted molar refractivity (Wildman–Crippen MR) is 83.4 cm³/mol. The lowest BCUT2D eigenvalue weighted by Gasteiger charge is -2.20. The molecule has 0 saturated heterocycles. The first-order valence-corrected chi connectivity index (χ1v) is 6.30. The Morgan fingerprint density at radius 2 is 1.79 bits per heavy atom. The number of methoxy groups -OCH3 is 1. The highest BCUT2D eigenvalue weighted by Crippen LogP contribution is 2.26. The van der Waals surface area contributed by atoms with Gasteiger partial charge in [0.05, 0.1) is 7.11 Å². The van der Waals surface area contributed by atoms with Gasteiger partial charge in [0.15, 0.2) is 0 Å². The Bertz CT molecular complexity index is 581. The Balaban J connectivity index is 2.27. The van der Waals surface area contributed by atoms with Crippen LogP contribution in [0.1, 0.15) is 5.56 Å². The number of ether oxygens (including phenoxy) is 1. The fourth-order valence-electron chi connectivity index (χ4n) is 1.82. The number of thiocarbonyl (C=S) groups is 1. The van der Waals surface area contributed by atoms with Crippen LogP contribution in [0, 0.1) is 0 Å². The zero-order valence-electron chi connectivity index (χ0n) is 11.0. The van der Waals surface area contributed by atoms with Gasteiger partial charge in [-0.1, -0.05) is 18.3 Å². The van der Waals surface area contributed by atoms with Gasteiger partial charge < -0.3 is 15.4 Å². The summed E-state index contributed by atoms with van der Waals surface area (Å²) >= 11 is 4.94. The summed E-state index contributed by atoms with van der Waals surface area (Å²) in [5.41, 5.74) is 8.58. The van der Waals surface area contributed by atoms with Gasteiger partial charge in [-0.3, -0.25) is 0 Å². The third kappa shape index (κ3) is 3.03. The Kier molecular flexibility index (Phi) is 4.02. The summed E-state index contributed by atoms with van der Waals surface area (Å²) in [6.45, 7) is 0. The van der Waals surface area contributed by atoms with Crippen molar-refractivity contribution in [1.29, 1.82) is 0 Å². The lowest BCUT2D eigenvalue weighted by molar-refractivity contribution is 0.415. The van der Waals surface area contributed by atoms with Crippen molar-refractivity contribution in [2.75, 3.05) is 19.1 Å². The first kappa shape index (κ1) is 13.4. The Labute approximate surface area is 118 Å². The molecular weight excluding hydrogens is 256 g/mol. The van der Waals surface area contributed by atoms with Crippen molar-refractivity contribution in [1.82, 2.24) is 0 Å². The molecule has 0 saturated carbocycles. The third-order valence-corrected chi connectivity index (χ3v) is 3.22. The lowest BCUT2D eigenvalue weighted by atomic mass is 10.2. The second-order valence-corrected chi connectivity index (χ2v) is 4.61. The number of hydrogen-bond acceptors (Lipinski definition) is 3. The molecule has 2 rings (SSSR count). The molecule has 0 amide bonds. The number of rotatable bonds is 4. The summed E-state index contributed by atoms with van der Waals surface area (Å²) in [5.74, 6) is 0.837. The van der Waals surface area contributed by atoms with Crippen LogP contribution < -0.4 is 15.4 Å². The number of benzene rings is 2. The van der Waals surface area contributed by atoms with Crippen LogP contribution in [0.25, 0.3) is 0 Å². The van der Waals surface area contributed by atoms with Crippen molar-refractivity contribution < 1.29 is 4.74 Å². The van der Waals surface area contributed by atoms with Gasteiger partial charge in [-0.05, 0) is 36.4 Å². The van der Waals surface area contributed by atoms with Crippen LogP contribution in [0.5, 0.6) is 5.75 Å². The standard InChI is InChI=1S/C15H16N2OS/c1-17(13-4-3-5-14(10-13)18-2)12-8-6-11(7-9-12)15(16)19/h3-10H,1-2H3,(H2,16,19). The molecule has 0 heterocycles. The first-order chi connectivity index (χ1) is 9.11. The molecule has 2 aromatic carbocycles. The van der Waals surface area contributed by atoms with Gasteiger partial charge in [0.2, 0.25) is 0 Å². The van der Waals surface area contributed by atoms with E-state index in [2.05, 4.69) is 4.90 Å². The first-order valence-electron chi connectivity index (χ1n) is 5.89. The van der Waals surface area contributed by atoms with E-state index < -0.39 is 0 Å². The minimum absolute atomic E-state index is 0.413. The molecule has 0 radical (unpaired) electrons. The third-order valence-electron chi connectivity index (χ3n) is 2.98. The molecule has 0 spiro atoms. The molecule has 2 N–H and O–H groups in total. The minimum Gasteiger partial charge on any atom is -0.497 e. The van der Waals surface area contributed by atoms with Crippen LogP contribution in [-0.4, -0.2) is 19.1 Å². The molecule has 0 aliphatic rings. The molecule has 0 bridgehead atoms.